The van der Waals surface area contributed by atoms with Crippen LogP contribution in [0.5, 0.6) is 17.2 Å². The Balaban J connectivity index is 1.94. The minimum atomic E-state index is -0.607. The number of hydrogen-bond donors (Lipinski definition) is 0. The molecule has 0 atom stereocenters. The largest absolute Gasteiger partial charge is 0.497 e. The van der Waals surface area contributed by atoms with Gasteiger partial charge in [0.15, 0.2) is 5.78 Å². The SMILES string of the molecule is COc1ccc2c(c1)C(=O)C1(CCN(C)CC1)c1cc(Cl)ccc1O2. The molecule has 4 nitrogen and oxygen atoms in total. The van der Waals surface area contributed by atoms with Crippen molar-refractivity contribution in [2.45, 2.75) is 18.3 Å². The highest BCUT2D eigenvalue weighted by atomic mass is 35.5. The average Bonchev–Trinajstić information content (AvgIpc) is 2.72. The lowest BCUT2D eigenvalue weighted by Crippen LogP contribution is -2.45. The topological polar surface area (TPSA) is 38.8 Å². The summed E-state index contributed by atoms with van der Waals surface area (Å²) in [6.07, 6.45) is 1.49. The summed E-state index contributed by atoms with van der Waals surface area (Å²) in [5.41, 5.74) is 0.870. The molecule has 1 fully saturated rings. The Kier molecular flexibility index (Phi) is 3.97. The third-order valence-electron chi connectivity index (χ3n) is 5.38. The molecule has 25 heavy (non-hydrogen) atoms. The Bertz CT molecular complexity index is 841. The van der Waals surface area contributed by atoms with Crippen molar-refractivity contribution >= 4 is 17.4 Å². The molecule has 0 bridgehead atoms. The van der Waals surface area contributed by atoms with Gasteiger partial charge in [-0.3, -0.25) is 4.79 Å². The number of likely N-dealkylation sites (tertiary alicyclic amines) is 1. The van der Waals surface area contributed by atoms with Gasteiger partial charge in [-0.25, -0.2) is 0 Å². The highest BCUT2D eigenvalue weighted by Crippen LogP contribution is 2.49. The second kappa shape index (κ2) is 6.04. The normalized spacial score (nSPS) is 18.9. The number of carbonyl (C=O) groups is 1. The lowest BCUT2D eigenvalue weighted by atomic mass is 9.68. The zero-order valence-electron chi connectivity index (χ0n) is 14.3. The summed E-state index contributed by atoms with van der Waals surface area (Å²) in [7, 11) is 3.68. The summed E-state index contributed by atoms with van der Waals surface area (Å²) >= 11 is 6.27. The molecule has 130 valence electrons. The maximum Gasteiger partial charge on any atom is 0.177 e. The molecule has 0 unspecified atom stereocenters. The number of rotatable bonds is 1. The van der Waals surface area contributed by atoms with Crippen LogP contribution in [0.25, 0.3) is 0 Å². The molecule has 0 saturated carbocycles. The molecular formula is C20H20ClNO3. The van der Waals surface area contributed by atoms with Crippen LogP contribution in [-0.4, -0.2) is 37.9 Å². The molecule has 2 heterocycles. The quantitative estimate of drug-likeness (QED) is 0.762. The summed E-state index contributed by atoms with van der Waals surface area (Å²) in [6.45, 7) is 1.72. The van der Waals surface area contributed by atoms with Crippen molar-refractivity contribution in [2.24, 2.45) is 0 Å². The van der Waals surface area contributed by atoms with Crippen molar-refractivity contribution in [3.8, 4) is 17.2 Å². The Labute approximate surface area is 152 Å². The smallest absolute Gasteiger partial charge is 0.177 e. The molecule has 0 radical (unpaired) electrons. The molecule has 2 aromatic carbocycles. The standard InChI is InChI=1S/C20H20ClNO3/c1-22-9-7-20(8-10-22)16-11-13(21)3-5-18(16)25-17-6-4-14(24-2)12-15(17)19(20)23/h3-6,11-12H,7-10H2,1-2H3. The molecule has 0 aliphatic carbocycles. The molecule has 0 N–H and O–H groups in total. The molecule has 2 aliphatic heterocycles. The maximum atomic E-state index is 13.7. The summed E-state index contributed by atoms with van der Waals surface area (Å²) < 4.78 is 11.5. The van der Waals surface area contributed by atoms with Crippen LogP contribution >= 0.6 is 11.6 Å². The first-order valence-corrected chi connectivity index (χ1v) is 8.80. The van der Waals surface area contributed by atoms with Gasteiger partial charge in [-0.1, -0.05) is 11.6 Å². The molecule has 1 spiro atoms. The third-order valence-corrected chi connectivity index (χ3v) is 5.62. The van der Waals surface area contributed by atoms with Gasteiger partial charge in [0.2, 0.25) is 0 Å². The Morgan fingerprint density at radius 3 is 2.56 bits per heavy atom. The van der Waals surface area contributed by atoms with E-state index in [9.17, 15) is 4.79 Å². The van der Waals surface area contributed by atoms with Gasteiger partial charge in [0.1, 0.15) is 17.2 Å². The van der Waals surface area contributed by atoms with E-state index in [2.05, 4.69) is 11.9 Å². The molecular weight excluding hydrogens is 338 g/mol. The van der Waals surface area contributed by atoms with E-state index in [1.807, 2.05) is 24.3 Å². The Morgan fingerprint density at radius 2 is 1.84 bits per heavy atom. The molecule has 1 saturated heterocycles. The van der Waals surface area contributed by atoms with E-state index in [1.165, 1.54) is 0 Å². The summed E-state index contributed by atoms with van der Waals surface area (Å²) in [5.74, 6) is 2.04. The zero-order chi connectivity index (χ0) is 17.6. The molecule has 4 rings (SSSR count). The fourth-order valence-electron chi connectivity index (χ4n) is 3.86. The van der Waals surface area contributed by atoms with E-state index in [0.29, 0.717) is 27.8 Å². The molecule has 5 heteroatoms. The molecule has 2 aromatic rings. The lowest BCUT2D eigenvalue weighted by Gasteiger charge is -2.39. The average molecular weight is 358 g/mol. The first-order chi connectivity index (χ1) is 12.0. The van der Waals surface area contributed by atoms with Crippen molar-refractivity contribution in [2.75, 3.05) is 27.2 Å². The van der Waals surface area contributed by atoms with Gasteiger partial charge in [-0.05, 0) is 69.4 Å². The van der Waals surface area contributed by atoms with E-state index in [4.69, 9.17) is 21.1 Å². The van der Waals surface area contributed by atoms with Gasteiger partial charge in [-0.2, -0.15) is 0 Å². The van der Waals surface area contributed by atoms with E-state index < -0.39 is 5.41 Å². The predicted molar refractivity (Wildman–Crippen MR) is 97.3 cm³/mol. The van der Waals surface area contributed by atoms with Crippen molar-refractivity contribution in [1.29, 1.82) is 0 Å². The first kappa shape index (κ1) is 16.4. The number of carbonyl (C=O) groups excluding carboxylic acids is 1. The van der Waals surface area contributed by atoms with Crippen LogP contribution in [-0.2, 0) is 5.41 Å². The van der Waals surface area contributed by atoms with Crippen LogP contribution in [0.1, 0.15) is 28.8 Å². The summed E-state index contributed by atoms with van der Waals surface area (Å²) in [6, 6.07) is 11.0. The second-order valence-electron chi connectivity index (χ2n) is 6.82. The fraction of sp³-hybridized carbons (Fsp3) is 0.350. The number of hydrogen-bond acceptors (Lipinski definition) is 4. The van der Waals surface area contributed by atoms with Crippen molar-refractivity contribution in [1.82, 2.24) is 4.90 Å². The lowest BCUT2D eigenvalue weighted by molar-refractivity contribution is 0.0795. The van der Waals surface area contributed by atoms with Crippen molar-refractivity contribution in [3.63, 3.8) is 0 Å². The highest BCUT2D eigenvalue weighted by molar-refractivity contribution is 6.30. The Hall–Kier alpha value is -2.04. The van der Waals surface area contributed by atoms with Gasteiger partial charge >= 0.3 is 0 Å². The van der Waals surface area contributed by atoms with Crippen molar-refractivity contribution < 1.29 is 14.3 Å². The Morgan fingerprint density at radius 1 is 1.12 bits per heavy atom. The number of piperidine rings is 1. The number of Topliss-reactive ketones (excluding diaryl/α,β-unsaturated/α-hetero) is 1. The van der Waals surface area contributed by atoms with Crippen LogP contribution in [0.4, 0.5) is 0 Å². The van der Waals surface area contributed by atoms with Gasteiger partial charge < -0.3 is 14.4 Å². The maximum absolute atomic E-state index is 13.7. The first-order valence-electron chi connectivity index (χ1n) is 8.43. The van der Waals surface area contributed by atoms with E-state index in [0.717, 1.165) is 31.5 Å². The highest BCUT2D eigenvalue weighted by Gasteiger charge is 2.47. The van der Waals surface area contributed by atoms with E-state index in [-0.39, 0.29) is 5.78 Å². The number of methoxy groups -OCH3 is 1. The zero-order valence-corrected chi connectivity index (χ0v) is 15.1. The van der Waals surface area contributed by atoms with Crippen LogP contribution in [0, 0.1) is 0 Å². The van der Waals surface area contributed by atoms with Crippen LogP contribution in [0.3, 0.4) is 0 Å². The minimum absolute atomic E-state index is 0.0931. The van der Waals surface area contributed by atoms with Gasteiger partial charge in [-0.15, -0.1) is 0 Å². The number of ketones is 1. The number of nitrogens with zero attached hydrogens (tertiary/aromatic N) is 1. The molecule has 0 amide bonds. The summed E-state index contributed by atoms with van der Waals surface area (Å²) in [5, 5.41) is 0.622. The van der Waals surface area contributed by atoms with Gasteiger partial charge in [0.25, 0.3) is 0 Å². The van der Waals surface area contributed by atoms with Gasteiger partial charge in [0, 0.05) is 10.6 Å². The fourth-order valence-corrected chi connectivity index (χ4v) is 4.03. The number of benzene rings is 2. The number of ether oxygens (including phenoxy) is 2. The predicted octanol–water partition coefficient (Wildman–Crippen LogP) is 4.30. The minimum Gasteiger partial charge on any atom is -0.497 e. The molecule has 2 aliphatic rings. The second-order valence-corrected chi connectivity index (χ2v) is 7.26. The number of halogens is 1. The van der Waals surface area contributed by atoms with Crippen molar-refractivity contribution in [3.05, 3.63) is 52.5 Å². The van der Waals surface area contributed by atoms with Crippen LogP contribution < -0.4 is 9.47 Å². The van der Waals surface area contributed by atoms with Crippen LogP contribution in [0.15, 0.2) is 36.4 Å². The van der Waals surface area contributed by atoms with Gasteiger partial charge in [0.05, 0.1) is 18.1 Å². The third kappa shape index (κ3) is 2.60. The molecule has 0 aromatic heterocycles. The summed E-state index contributed by atoms with van der Waals surface area (Å²) in [4.78, 5) is 15.9. The van der Waals surface area contributed by atoms with E-state index >= 15 is 0 Å². The van der Waals surface area contributed by atoms with Crippen LogP contribution in [0.2, 0.25) is 5.02 Å². The van der Waals surface area contributed by atoms with E-state index in [1.54, 1.807) is 19.2 Å². The number of fused-ring (bicyclic) bond motifs is 3. The monoisotopic (exact) mass is 357 g/mol.